The Kier molecular flexibility index (Phi) is 6.14. The number of rotatable bonds is 8. The van der Waals surface area contributed by atoms with Gasteiger partial charge in [0.05, 0.1) is 4.88 Å². The SMILES string of the molecule is O=C(CCc1nc(-c2cccs2)no1)Nc1cccc(OCc2cccc(F)c2)c1. The third kappa shape index (κ3) is 5.30. The minimum atomic E-state index is -0.305. The van der Waals surface area contributed by atoms with Crippen LogP contribution >= 0.6 is 11.3 Å². The van der Waals surface area contributed by atoms with Gasteiger partial charge in [-0.05, 0) is 41.3 Å². The molecule has 0 aliphatic carbocycles. The van der Waals surface area contributed by atoms with Crippen LogP contribution in [0.2, 0.25) is 0 Å². The van der Waals surface area contributed by atoms with Crippen molar-refractivity contribution in [2.45, 2.75) is 19.4 Å². The van der Waals surface area contributed by atoms with Gasteiger partial charge in [0.15, 0.2) is 0 Å². The highest BCUT2D eigenvalue weighted by atomic mass is 32.1. The maximum absolute atomic E-state index is 13.3. The molecule has 0 saturated heterocycles. The maximum atomic E-state index is 13.3. The van der Waals surface area contributed by atoms with Crippen LogP contribution in [0.25, 0.3) is 10.7 Å². The number of nitrogens with zero attached hydrogens (tertiary/aromatic N) is 2. The summed E-state index contributed by atoms with van der Waals surface area (Å²) >= 11 is 1.53. The Balaban J connectivity index is 1.28. The molecule has 4 rings (SSSR count). The van der Waals surface area contributed by atoms with Gasteiger partial charge in [0.2, 0.25) is 17.6 Å². The summed E-state index contributed by atoms with van der Waals surface area (Å²) in [5.74, 6) is 1.05. The van der Waals surface area contributed by atoms with Gasteiger partial charge in [-0.15, -0.1) is 11.3 Å². The molecule has 0 spiro atoms. The van der Waals surface area contributed by atoms with E-state index in [1.54, 1.807) is 36.4 Å². The molecule has 0 unspecified atom stereocenters. The molecule has 2 heterocycles. The Hall–Kier alpha value is -3.52. The second-order valence-electron chi connectivity index (χ2n) is 6.48. The van der Waals surface area contributed by atoms with Crippen LogP contribution in [0.5, 0.6) is 5.75 Å². The fraction of sp³-hybridized carbons (Fsp3) is 0.136. The van der Waals surface area contributed by atoms with Gasteiger partial charge >= 0.3 is 0 Å². The Morgan fingerprint density at radius 2 is 2.03 bits per heavy atom. The maximum Gasteiger partial charge on any atom is 0.227 e. The first kappa shape index (κ1) is 19.8. The zero-order valence-electron chi connectivity index (χ0n) is 15.9. The predicted molar refractivity (Wildman–Crippen MR) is 112 cm³/mol. The minimum Gasteiger partial charge on any atom is -0.489 e. The van der Waals surface area contributed by atoms with Gasteiger partial charge in [0.1, 0.15) is 18.2 Å². The lowest BCUT2D eigenvalue weighted by Crippen LogP contribution is -2.12. The van der Waals surface area contributed by atoms with Crippen LogP contribution in [0.3, 0.4) is 0 Å². The number of ether oxygens (including phenoxy) is 1. The third-order valence-corrected chi connectivity index (χ3v) is 5.05. The van der Waals surface area contributed by atoms with Crippen LogP contribution in [0, 0.1) is 5.82 Å². The molecule has 0 atom stereocenters. The van der Waals surface area contributed by atoms with E-state index in [0.29, 0.717) is 29.6 Å². The Morgan fingerprint density at radius 1 is 1.13 bits per heavy atom. The zero-order valence-corrected chi connectivity index (χ0v) is 16.7. The normalized spacial score (nSPS) is 10.7. The average Bonchev–Trinajstić information content (AvgIpc) is 3.43. The van der Waals surface area contributed by atoms with E-state index >= 15 is 0 Å². The van der Waals surface area contributed by atoms with Crippen LogP contribution in [0.15, 0.2) is 70.6 Å². The van der Waals surface area contributed by atoms with E-state index in [-0.39, 0.29) is 24.8 Å². The van der Waals surface area contributed by atoms with Crippen LogP contribution in [0.1, 0.15) is 17.9 Å². The molecule has 6 nitrogen and oxygen atoms in total. The summed E-state index contributed by atoms with van der Waals surface area (Å²) in [4.78, 5) is 17.5. The Bertz CT molecular complexity index is 1130. The van der Waals surface area contributed by atoms with Gasteiger partial charge in [0, 0.05) is 24.6 Å². The molecule has 152 valence electrons. The molecule has 0 saturated carbocycles. The topological polar surface area (TPSA) is 77.2 Å². The summed E-state index contributed by atoms with van der Waals surface area (Å²) in [5, 5.41) is 8.70. The molecule has 0 aliphatic rings. The fourth-order valence-electron chi connectivity index (χ4n) is 2.76. The second-order valence-corrected chi connectivity index (χ2v) is 7.43. The summed E-state index contributed by atoms with van der Waals surface area (Å²) in [6.45, 7) is 0.235. The second kappa shape index (κ2) is 9.32. The first-order valence-electron chi connectivity index (χ1n) is 9.29. The quantitative estimate of drug-likeness (QED) is 0.427. The molecule has 8 heteroatoms. The number of aromatic nitrogens is 2. The highest BCUT2D eigenvalue weighted by Gasteiger charge is 2.11. The number of hydrogen-bond acceptors (Lipinski definition) is 6. The minimum absolute atomic E-state index is 0.173. The van der Waals surface area contributed by atoms with Crippen LogP contribution in [-0.4, -0.2) is 16.0 Å². The zero-order chi connectivity index (χ0) is 20.8. The van der Waals surface area contributed by atoms with Gasteiger partial charge in [0.25, 0.3) is 0 Å². The number of halogens is 1. The number of benzene rings is 2. The largest absolute Gasteiger partial charge is 0.489 e. The van der Waals surface area contributed by atoms with Crippen LogP contribution in [-0.2, 0) is 17.8 Å². The molecule has 30 heavy (non-hydrogen) atoms. The van der Waals surface area contributed by atoms with E-state index < -0.39 is 0 Å². The predicted octanol–water partition coefficient (Wildman–Crippen LogP) is 5.09. The average molecular weight is 423 g/mol. The standard InChI is InChI=1S/C22H18FN3O3S/c23-16-5-1-4-15(12-16)14-28-18-7-2-6-17(13-18)24-20(27)9-10-21-25-22(26-29-21)19-8-3-11-30-19/h1-8,11-13H,9-10,14H2,(H,24,27). The number of amides is 1. The van der Waals surface area contributed by atoms with Crippen molar-refractivity contribution < 1.29 is 18.4 Å². The van der Waals surface area contributed by atoms with E-state index in [1.807, 2.05) is 17.5 Å². The molecular weight excluding hydrogens is 405 g/mol. The summed E-state index contributed by atoms with van der Waals surface area (Å²) in [6, 6.07) is 17.1. The highest BCUT2D eigenvalue weighted by molar-refractivity contribution is 7.13. The first-order chi connectivity index (χ1) is 14.7. The molecule has 0 bridgehead atoms. The fourth-order valence-corrected chi connectivity index (χ4v) is 3.41. The molecule has 0 fully saturated rings. The lowest BCUT2D eigenvalue weighted by atomic mass is 10.2. The molecule has 2 aromatic carbocycles. The molecule has 1 N–H and O–H groups in total. The van der Waals surface area contributed by atoms with E-state index in [4.69, 9.17) is 9.26 Å². The number of carbonyl (C=O) groups excluding carboxylic acids is 1. The van der Waals surface area contributed by atoms with Gasteiger partial charge in [-0.1, -0.05) is 29.4 Å². The van der Waals surface area contributed by atoms with E-state index in [9.17, 15) is 9.18 Å². The number of thiophene rings is 1. The number of carbonyl (C=O) groups is 1. The van der Waals surface area contributed by atoms with Crippen molar-refractivity contribution in [3.8, 4) is 16.5 Å². The lowest BCUT2D eigenvalue weighted by molar-refractivity contribution is -0.116. The lowest BCUT2D eigenvalue weighted by Gasteiger charge is -2.09. The number of anilines is 1. The molecule has 0 radical (unpaired) electrons. The molecular formula is C22H18FN3O3S. The number of aryl methyl sites for hydroxylation is 1. The van der Waals surface area contributed by atoms with Crippen molar-refractivity contribution in [2.75, 3.05) is 5.32 Å². The molecule has 0 aliphatic heterocycles. The van der Waals surface area contributed by atoms with Crippen molar-refractivity contribution in [1.82, 2.24) is 10.1 Å². The summed E-state index contributed by atoms with van der Waals surface area (Å²) in [7, 11) is 0. The third-order valence-electron chi connectivity index (χ3n) is 4.19. The number of hydrogen-bond donors (Lipinski definition) is 1. The van der Waals surface area contributed by atoms with Crippen LogP contribution < -0.4 is 10.1 Å². The van der Waals surface area contributed by atoms with Gasteiger partial charge in [-0.25, -0.2) is 4.39 Å². The van der Waals surface area contributed by atoms with E-state index in [0.717, 1.165) is 10.4 Å². The van der Waals surface area contributed by atoms with Crippen molar-refractivity contribution in [1.29, 1.82) is 0 Å². The molecule has 4 aromatic rings. The molecule has 2 aromatic heterocycles. The van der Waals surface area contributed by atoms with Gasteiger partial charge in [-0.3, -0.25) is 4.79 Å². The monoisotopic (exact) mass is 423 g/mol. The van der Waals surface area contributed by atoms with Crippen LogP contribution in [0.4, 0.5) is 10.1 Å². The highest BCUT2D eigenvalue weighted by Crippen LogP contribution is 2.22. The Labute approximate surface area is 176 Å². The van der Waals surface area contributed by atoms with Crippen molar-refractivity contribution in [2.24, 2.45) is 0 Å². The smallest absolute Gasteiger partial charge is 0.227 e. The van der Waals surface area contributed by atoms with Gasteiger partial charge in [-0.2, -0.15) is 4.98 Å². The summed E-state index contributed by atoms with van der Waals surface area (Å²) < 4.78 is 24.1. The van der Waals surface area contributed by atoms with Gasteiger partial charge < -0.3 is 14.6 Å². The Morgan fingerprint density at radius 3 is 2.87 bits per heavy atom. The van der Waals surface area contributed by atoms with Crippen molar-refractivity contribution in [3.63, 3.8) is 0 Å². The van der Waals surface area contributed by atoms with E-state index in [2.05, 4.69) is 15.5 Å². The van der Waals surface area contributed by atoms with Crippen molar-refractivity contribution in [3.05, 3.63) is 83.3 Å². The summed E-state index contributed by atoms with van der Waals surface area (Å²) in [6.07, 6.45) is 0.556. The molecule has 1 amide bonds. The first-order valence-corrected chi connectivity index (χ1v) is 10.2. The number of nitrogens with one attached hydrogen (secondary N) is 1. The van der Waals surface area contributed by atoms with E-state index in [1.165, 1.54) is 23.5 Å². The summed E-state index contributed by atoms with van der Waals surface area (Å²) in [5.41, 5.74) is 1.34. The van der Waals surface area contributed by atoms with Crippen molar-refractivity contribution >= 4 is 22.9 Å².